The Kier molecular flexibility index (Phi) is 3.84. The number of Topliss-reactive ketones (excluding diaryl/α,β-unsaturated/α-hetero) is 1. The molecule has 0 heterocycles. The number of aliphatic carboxylic acids is 1. The summed E-state index contributed by atoms with van der Waals surface area (Å²) < 4.78 is 0. The van der Waals surface area contributed by atoms with Gasteiger partial charge in [0.25, 0.3) is 0 Å². The van der Waals surface area contributed by atoms with Crippen LogP contribution in [0.3, 0.4) is 0 Å². The van der Waals surface area contributed by atoms with E-state index in [0.29, 0.717) is 18.8 Å². The maximum Gasteiger partial charge on any atom is 0.306 e. The summed E-state index contributed by atoms with van der Waals surface area (Å²) >= 11 is 0. The number of carbonyl (C=O) groups is 3. The molecule has 4 nitrogen and oxygen atoms in total. The molecule has 4 rings (SSSR count). The van der Waals surface area contributed by atoms with Gasteiger partial charge in [-0.3, -0.25) is 14.4 Å². The third kappa shape index (κ3) is 2.17. The Hall–Kier alpha value is -1.71. The first-order valence-electron chi connectivity index (χ1n) is 9.89. The molecule has 0 spiro atoms. The van der Waals surface area contributed by atoms with E-state index >= 15 is 0 Å². The highest BCUT2D eigenvalue weighted by Gasteiger charge is 2.63. The van der Waals surface area contributed by atoms with Gasteiger partial charge in [0.15, 0.2) is 5.78 Å². The largest absolute Gasteiger partial charge is 0.481 e. The van der Waals surface area contributed by atoms with E-state index in [0.717, 1.165) is 24.8 Å². The molecule has 0 aromatic rings. The van der Waals surface area contributed by atoms with Gasteiger partial charge in [-0.25, -0.2) is 0 Å². The molecule has 0 unspecified atom stereocenters. The summed E-state index contributed by atoms with van der Waals surface area (Å²) in [6.07, 6.45) is 9.73. The SMILES string of the molecule is C[C@@H](C(=O)O)[C@H]1CC[C@H]2[C@@H]3C=CC4=CC(=O)CC[C@]4(C)[C@H]3CC(=O)[C@]12C. The average Bonchev–Trinajstić information content (AvgIpc) is 2.94. The van der Waals surface area contributed by atoms with E-state index in [1.54, 1.807) is 13.0 Å². The molecule has 7 atom stereocenters. The van der Waals surface area contributed by atoms with Crippen molar-refractivity contribution in [3.8, 4) is 0 Å². The highest BCUT2D eigenvalue weighted by atomic mass is 16.4. The van der Waals surface area contributed by atoms with Crippen LogP contribution in [0.15, 0.2) is 23.8 Å². The van der Waals surface area contributed by atoms with Crippen molar-refractivity contribution in [2.45, 2.75) is 52.9 Å². The Bertz CT molecular complexity index is 747. The van der Waals surface area contributed by atoms with Crippen LogP contribution in [0.25, 0.3) is 0 Å². The molecule has 4 aliphatic rings. The number of hydrogen-bond acceptors (Lipinski definition) is 3. The molecule has 1 N–H and O–H groups in total. The second-order valence-electron chi connectivity index (χ2n) is 9.35. The smallest absolute Gasteiger partial charge is 0.306 e. The second kappa shape index (κ2) is 5.64. The van der Waals surface area contributed by atoms with Gasteiger partial charge in [-0.2, -0.15) is 0 Å². The molecule has 0 aromatic carbocycles. The minimum absolute atomic E-state index is 0.0791. The summed E-state index contributed by atoms with van der Waals surface area (Å²) in [5, 5.41) is 9.52. The minimum atomic E-state index is -0.797. The molecular formula is C22H28O4. The average molecular weight is 356 g/mol. The van der Waals surface area contributed by atoms with Gasteiger partial charge in [0, 0.05) is 18.3 Å². The van der Waals surface area contributed by atoms with Gasteiger partial charge in [0.1, 0.15) is 5.78 Å². The number of allylic oxidation sites excluding steroid dienone is 4. The molecule has 0 bridgehead atoms. The van der Waals surface area contributed by atoms with Crippen molar-refractivity contribution in [3.63, 3.8) is 0 Å². The van der Waals surface area contributed by atoms with Crippen molar-refractivity contribution in [2.24, 2.45) is 40.4 Å². The second-order valence-corrected chi connectivity index (χ2v) is 9.35. The van der Waals surface area contributed by atoms with Gasteiger partial charge in [-0.15, -0.1) is 0 Å². The van der Waals surface area contributed by atoms with Crippen LogP contribution in [0.4, 0.5) is 0 Å². The number of carbonyl (C=O) groups excluding carboxylic acids is 2. The Labute approximate surface area is 154 Å². The first-order valence-corrected chi connectivity index (χ1v) is 9.89. The van der Waals surface area contributed by atoms with E-state index in [1.165, 1.54) is 0 Å². The summed E-state index contributed by atoms with van der Waals surface area (Å²) in [5.74, 6) is -0.186. The summed E-state index contributed by atoms with van der Waals surface area (Å²) in [7, 11) is 0. The summed E-state index contributed by atoms with van der Waals surface area (Å²) in [6, 6.07) is 0. The number of fused-ring (bicyclic) bond motifs is 5. The van der Waals surface area contributed by atoms with Crippen molar-refractivity contribution >= 4 is 17.5 Å². The van der Waals surface area contributed by atoms with Crippen LogP contribution >= 0.6 is 0 Å². The lowest BCUT2D eigenvalue weighted by Gasteiger charge is -2.55. The van der Waals surface area contributed by atoms with Crippen molar-refractivity contribution in [1.82, 2.24) is 0 Å². The van der Waals surface area contributed by atoms with Gasteiger partial charge in [-0.1, -0.05) is 32.9 Å². The molecular weight excluding hydrogens is 328 g/mol. The molecule has 0 saturated heterocycles. The van der Waals surface area contributed by atoms with Crippen molar-refractivity contribution in [2.75, 3.05) is 0 Å². The van der Waals surface area contributed by atoms with E-state index in [9.17, 15) is 19.5 Å². The first-order chi connectivity index (χ1) is 12.2. The maximum atomic E-state index is 13.4. The predicted octanol–water partition coefficient (Wildman–Crippen LogP) is 3.81. The van der Waals surface area contributed by atoms with Gasteiger partial charge in [0.05, 0.1) is 5.92 Å². The van der Waals surface area contributed by atoms with E-state index in [1.807, 2.05) is 6.92 Å². The summed E-state index contributed by atoms with van der Waals surface area (Å²) in [4.78, 5) is 36.8. The fraction of sp³-hybridized carbons (Fsp3) is 0.682. The molecule has 4 heteroatoms. The molecule has 0 amide bonds. The van der Waals surface area contributed by atoms with Crippen LogP contribution in [0.1, 0.15) is 52.9 Å². The number of carboxylic acids is 1. The number of hydrogen-bond donors (Lipinski definition) is 1. The predicted molar refractivity (Wildman–Crippen MR) is 97.3 cm³/mol. The monoisotopic (exact) mass is 356 g/mol. The van der Waals surface area contributed by atoms with Crippen molar-refractivity contribution in [3.05, 3.63) is 23.8 Å². The van der Waals surface area contributed by atoms with Crippen LogP contribution < -0.4 is 0 Å². The lowest BCUT2D eigenvalue weighted by molar-refractivity contribution is -0.151. The first kappa shape index (κ1) is 17.7. The highest BCUT2D eigenvalue weighted by Crippen LogP contribution is 2.64. The molecule has 0 aliphatic heterocycles. The van der Waals surface area contributed by atoms with Crippen molar-refractivity contribution in [1.29, 1.82) is 0 Å². The fourth-order valence-electron chi connectivity index (χ4n) is 6.73. The van der Waals surface area contributed by atoms with Gasteiger partial charge < -0.3 is 5.11 Å². The molecule has 26 heavy (non-hydrogen) atoms. The Balaban J connectivity index is 1.75. The van der Waals surface area contributed by atoms with Crippen molar-refractivity contribution < 1.29 is 19.5 Å². The van der Waals surface area contributed by atoms with Gasteiger partial charge >= 0.3 is 5.97 Å². The Morgan fingerprint density at radius 2 is 1.96 bits per heavy atom. The van der Waals surface area contributed by atoms with E-state index in [4.69, 9.17) is 0 Å². The zero-order chi connectivity index (χ0) is 18.9. The van der Waals surface area contributed by atoms with Crippen LogP contribution in [-0.4, -0.2) is 22.6 Å². The van der Waals surface area contributed by atoms with Crippen LogP contribution in [0.2, 0.25) is 0 Å². The molecule has 2 saturated carbocycles. The molecule has 4 aliphatic carbocycles. The molecule has 140 valence electrons. The van der Waals surface area contributed by atoms with Crippen LogP contribution in [-0.2, 0) is 14.4 Å². The Morgan fingerprint density at radius 3 is 2.65 bits per heavy atom. The molecule has 2 fully saturated rings. The lowest BCUT2D eigenvalue weighted by Crippen LogP contribution is -2.54. The van der Waals surface area contributed by atoms with E-state index in [-0.39, 0.29) is 34.7 Å². The van der Waals surface area contributed by atoms with Crippen LogP contribution in [0, 0.1) is 40.4 Å². The summed E-state index contributed by atoms with van der Waals surface area (Å²) in [5.41, 5.74) is 0.437. The quantitative estimate of drug-likeness (QED) is 0.817. The third-order valence-corrected chi connectivity index (χ3v) is 8.44. The van der Waals surface area contributed by atoms with E-state index < -0.39 is 17.3 Å². The normalized spacial score (nSPS) is 45.4. The zero-order valence-corrected chi connectivity index (χ0v) is 15.8. The standard InChI is InChI=1S/C22H28O4/c1-12(20(25)26)16-6-7-17-15-5-4-13-10-14(23)8-9-21(13,2)18(15)11-19(24)22(16,17)3/h4-5,10,12,15-18H,6-9,11H2,1-3H3,(H,25,26)/t12-,15+,16-,17+,18+,21+,22-/m1/s1. The summed E-state index contributed by atoms with van der Waals surface area (Å²) in [6.45, 7) is 6.00. The Morgan fingerprint density at radius 1 is 1.23 bits per heavy atom. The molecule has 0 aromatic heterocycles. The highest BCUT2D eigenvalue weighted by molar-refractivity contribution is 5.93. The number of carboxylic acid groups (broad SMARTS) is 1. The molecule has 0 radical (unpaired) electrons. The number of rotatable bonds is 2. The fourth-order valence-corrected chi connectivity index (χ4v) is 6.73. The minimum Gasteiger partial charge on any atom is -0.481 e. The zero-order valence-electron chi connectivity index (χ0n) is 15.8. The number of ketones is 2. The topological polar surface area (TPSA) is 71.4 Å². The third-order valence-electron chi connectivity index (χ3n) is 8.44. The van der Waals surface area contributed by atoms with Gasteiger partial charge in [0.2, 0.25) is 0 Å². The maximum absolute atomic E-state index is 13.4. The lowest BCUT2D eigenvalue weighted by atomic mass is 9.48. The van der Waals surface area contributed by atoms with E-state index in [2.05, 4.69) is 19.1 Å². The van der Waals surface area contributed by atoms with Crippen LogP contribution in [0.5, 0.6) is 0 Å². The van der Waals surface area contributed by atoms with Gasteiger partial charge in [-0.05, 0) is 60.0 Å².